The molecule has 1 aliphatic rings. The number of hydrogen-bond donors (Lipinski definition) is 1. The number of hydrogen-bond acceptors (Lipinski definition) is 4. The van der Waals surface area contributed by atoms with Gasteiger partial charge in [-0.15, -0.1) is 0 Å². The van der Waals surface area contributed by atoms with Crippen LogP contribution in [0.2, 0.25) is 0 Å². The zero-order valence-electron chi connectivity index (χ0n) is 13.7. The maximum atomic E-state index is 12.8. The van der Waals surface area contributed by atoms with Gasteiger partial charge >= 0.3 is 0 Å². The number of aromatic amines is 1. The number of piperazine rings is 1. The predicted molar refractivity (Wildman–Crippen MR) is 90.7 cm³/mol. The van der Waals surface area contributed by atoms with E-state index in [1.807, 2.05) is 48.4 Å². The molecule has 1 saturated heterocycles. The summed E-state index contributed by atoms with van der Waals surface area (Å²) in [6, 6.07) is 9.80. The van der Waals surface area contributed by atoms with Crippen LogP contribution in [0.15, 0.2) is 41.1 Å². The van der Waals surface area contributed by atoms with E-state index < -0.39 is 0 Å². The maximum absolute atomic E-state index is 12.8. The molecule has 0 radical (unpaired) electrons. The summed E-state index contributed by atoms with van der Waals surface area (Å²) in [5, 5.41) is 5.11. The number of H-pyrrole nitrogens is 1. The van der Waals surface area contributed by atoms with E-state index in [1.165, 1.54) is 0 Å². The van der Waals surface area contributed by atoms with Crippen molar-refractivity contribution in [2.24, 2.45) is 0 Å². The van der Waals surface area contributed by atoms with E-state index in [0.29, 0.717) is 0 Å². The summed E-state index contributed by atoms with van der Waals surface area (Å²) in [5.74, 6) is 0.929. The maximum Gasteiger partial charge on any atom is 0.256 e. The molecule has 24 heavy (non-hydrogen) atoms. The number of para-hydroxylation sites is 1. The summed E-state index contributed by atoms with van der Waals surface area (Å²) in [6.07, 6.45) is 1.87. The molecule has 0 saturated carbocycles. The highest BCUT2D eigenvalue weighted by atomic mass is 16.5. The molecule has 1 N–H and O–H groups in total. The van der Waals surface area contributed by atoms with Gasteiger partial charge in [-0.3, -0.25) is 9.69 Å². The summed E-state index contributed by atoms with van der Waals surface area (Å²) >= 11 is 0. The molecule has 1 aromatic carbocycles. The SMILES string of the molecule is Cc1cc(CN2CCN(C(=O)c3cccc4cc[nH]c34)CC2)no1. The number of amides is 1. The normalized spacial score (nSPS) is 16.0. The number of carbonyl (C=O) groups excluding carboxylic acids is 1. The molecular formula is C18H20N4O2. The van der Waals surface area contributed by atoms with E-state index in [1.54, 1.807) is 0 Å². The van der Waals surface area contributed by atoms with Crippen molar-refractivity contribution < 1.29 is 9.32 Å². The fourth-order valence-electron chi connectivity index (χ4n) is 3.26. The Morgan fingerprint density at radius 1 is 1.25 bits per heavy atom. The lowest BCUT2D eigenvalue weighted by Crippen LogP contribution is -2.48. The van der Waals surface area contributed by atoms with Crippen molar-refractivity contribution in [3.8, 4) is 0 Å². The highest BCUT2D eigenvalue weighted by Crippen LogP contribution is 2.19. The fraction of sp³-hybridized carbons (Fsp3) is 0.333. The number of nitrogens with one attached hydrogen (secondary N) is 1. The molecule has 124 valence electrons. The molecule has 3 aromatic rings. The Balaban J connectivity index is 1.42. The molecule has 6 heteroatoms. The van der Waals surface area contributed by atoms with Crippen LogP contribution in [0.4, 0.5) is 0 Å². The first-order valence-corrected chi connectivity index (χ1v) is 8.20. The van der Waals surface area contributed by atoms with Crippen LogP contribution in [0, 0.1) is 6.92 Å². The first-order chi connectivity index (χ1) is 11.7. The Hall–Kier alpha value is -2.60. The molecule has 4 rings (SSSR count). The first kappa shape index (κ1) is 15.0. The standard InChI is InChI=1S/C18H20N4O2/c1-13-11-15(20-24-13)12-21-7-9-22(10-8-21)18(23)16-4-2-3-14-5-6-19-17(14)16/h2-6,11,19H,7-10,12H2,1H3. The van der Waals surface area contributed by atoms with Crippen LogP contribution in [0.25, 0.3) is 10.9 Å². The van der Waals surface area contributed by atoms with E-state index in [0.717, 1.165) is 60.6 Å². The molecule has 0 aliphatic carbocycles. The molecule has 0 atom stereocenters. The molecule has 3 heterocycles. The molecule has 0 bridgehead atoms. The average Bonchev–Trinajstić information content (AvgIpc) is 3.23. The molecule has 1 fully saturated rings. The molecule has 6 nitrogen and oxygen atoms in total. The number of rotatable bonds is 3. The van der Waals surface area contributed by atoms with Gasteiger partial charge in [0.1, 0.15) is 5.76 Å². The second kappa shape index (κ2) is 6.13. The van der Waals surface area contributed by atoms with Crippen LogP contribution in [0.5, 0.6) is 0 Å². The lowest BCUT2D eigenvalue weighted by Gasteiger charge is -2.34. The summed E-state index contributed by atoms with van der Waals surface area (Å²) in [4.78, 5) is 20.2. The lowest BCUT2D eigenvalue weighted by atomic mass is 10.1. The van der Waals surface area contributed by atoms with Crippen molar-refractivity contribution in [2.45, 2.75) is 13.5 Å². The van der Waals surface area contributed by atoms with Crippen LogP contribution >= 0.6 is 0 Å². The van der Waals surface area contributed by atoms with Gasteiger partial charge < -0.3 is 14.4 Å². The minimum atomic E-state index is 0.0972. The molecule has 0 spiro atoms. The van der Waals surface area contributed by atoms with Crippen LogP contribution in [0.3, 0.4) is 0 Å². The summed E-state index contributed by atoms with van der Waals surface area (Å²) < 4.78 is 5.11. The predicted octanol–water partition coefficient (Wildman–Crippen LogP) is 2.42. The van der Waals surface area contributed by atoms with E-state index >= 15 is 0 Å². The molecule has 1 aliphatic heterocycles. The highest BCUT2D eigenvalue weighted by molar-refractivity contribution is 6.05. The summed E-state index contributed by atoms with van der Waals surface area (Å²) in [6.45, 7) is 5.82. The number of fused-ring (bicyclic) bond motifs is 1. The molecule has 2 aromatic heterocycles. The minimum absolute atomic E-state index is 0.0972. The minimum Gasteiger partial charge on any atom is -0.361 e. The van der Waals surface area contributed by atoms with Gasteiger partial charge in [-0.1, -0.05) is 17.3 Å². The van der Waals surface area contributed by atoms with Crippen molar-refractivity contribution in [3.05, 3.63) is 53.5 Å². The Bertz CT molecular complexity index is 859. The van der Waals surface area contributed by atoms with Gasteiger partial charge in [0.05, 0.1) is 16.8 Å². The van der Waals surface area contributed by atoms with Crippen LogP contribution in [0.1, 0.15) is 21.8 Å². The van der Waals surface area contributed by atoms with E-state index in [-0.39, 0.29) is 5.91 Å². The van der Waals surface area contributed by atoms with Gasteiger partial charge in [0.2, 0.25) is 0 Å². The fourth-order valence-corrected chi connectivity index (χ4v) is 3.26. The van der Waals surface area contributed by atoms with Crippen LogP contribution in [-0.4, -0.2) is 52.0 Å². The Kier molecular flexibility index (Phi) is 3.82. The first-order valence-electron chi connectivity index (χ1n) is 8.20. The van der Waals surface area contributed by atoms with E-state index in [4.69, 9.17) is 4.52 Å². The Morgan fingerprint density at radius 3 is 2.83 bits per heavy atom. The monoisotopic (exact) mass is 324 g/mol. The van der Waals surface area contributed by atoms with E-state index in [9.17, 15) is 4.79 Å². The van der Waals surface area contributed by atoms with Gasteiger partial charge in [0.25, 0.3) is 5.91 Å². The number of benzene rings is 1. The van der Waals surface area contributed by atoms with Gasteiger partial charge in [0, 0.05) is 50.4 Å². The van der Waals surface area contributed by atoms with Crippen molar-refractivity contribution in [2.75, 3.05) is 26.2 Å². The van der Waals surface area contributed by atoms with Crippen LogP contribution < -0.4 is 0 Å². The molecule has 0 unspecified atom stereocenters. The van der Waals surface area contributed by atoms with Gasteiger partial charge in [-0.2, -0.15) is 0 Å². The molecular weight excluding hydrogens is 304 g/mol. The second-order valence-electron chi connectivity index (χ2n) is 6.24. The van der Waals surface area contributed by atoms with Crippen LogP contribution in [-0.2, 0) is 6.54 Å². The largest absolute Gasteiger partial charge is 0.361 e. The highest BCUT2D eigenvalue weighted by Gasteiger charge is 2.24. The second-order valence-corrected chi connectivity index (χ2v) is 6.24. The van der Waals surface area contributed by atoms with Crippen molar-refractivity contribution >= 4 is 16.8 Å². The quantitative estimate of drug-likeness (QED) is 0.803. The number of aryl methyl sites for hydroxylation is 1. The van der Waals surface area contributed by atoms with Gasteiger partial charge in [0.15, 0.2) is 0 Å². The van der Waals surface area contributed by atoms with Gasteiger partial charge in [-0.25, -0.2) is 0 Å². The number of nitrogens with zero attached hydrogens (tertiary/aromatic N) is 3. The Labute approximate surface area is 140 Å². The third-order valence-electron chi connectivity index (χ3n) is 4.54. The smallest absolute Gasteiger partial charge is 0.256 e. The summed E-state index contributed by atoms with van der Waals surface area (Å²) in [5.41, 5.74) is 2.62. The zero-order valence-corrected chi connectivity index (χ0v) is 13.7. The zero-order chi connectivity index (χ0) is 16.5. The lowest BCUT2D eigenvalue weighted by molar-refractivity contribution is 0.0627. The number of aromatic nitrogens is 2. The average molecular weight is 324 g/mol. The van der Waals surface area contributed by atoms with Crippen molar-refractivity contribution in [1.29, 1.82) is 0 Å². The summed E-state index contributed by atoms with van der Waals surface area (Å²) in [7, 11) is 0. The van der Waals surface area contributed by atoms with Crippen molar-refractivity contribution in [3.63, 3.8) is 0 Å². The molecule has 1 amide bonds. The topological polar surface area (TPSA) is 65.4 Å². The van der Waals surface area contributed by atoms with Crippen molar-refractivity contribution in [1.82, 2.24) is 19.9 Å². The number of carbonyl (C=O) groups is 1. The van der Waals surface area contributed by atoms with E-state index in [2.05, 4.69) is 15.0 Å². The Morgan fingerprint density at radius 2 is 2.08 bits per heavy atom. The third kappa shape index (κ3) is 2.80. The van der Waals surface area contributed by atoms with Gasteiger partial charge in [-0.05, 0) is 19.1 Å². The third-order valence-corrected chi connectivity index (χ3v) is 4.54.